The van der Waals surface area contributed by atoms with E-state index in [-0.39, 0.29) is 5.91 Å². The van der Waals surface area contributed by atoms with Gasteiger partial charge in [-0.1, -0.05) is 57.5 Å². The van der Waals surface area contributed by atoms with Crippen molar-refractivity contribution in [3.63, 3.8) is 0 Å². The first-order chi connectivity index (χ1) is 13.7. The maximum Gasteiger partial charge on any atom is 0.230 e. The Kier molecular flexibility index (Phi) is 7.91. The van der Waals surface area contributed by atoms with E-state index in [1.807, 2.05) is 34.9 Å². The minimum atomic E-state index is 0.0276. The summed E-state index contributed by atoms with van der Waals surface area (Å²) in [7, 11) is 0. The molecule has 7 heteroatoms. The molecule has 0 bridgehead atoms. The number of thioether (sulfide) groups is 1. The number of hydrogen-bond donors (Lipinski definition) is 1. The third kappa shape index (κ3) is 5.82. The quantitative estimate of drug-likeness (QED) is 0.422. The van der Waals surface area contributed by atoms with Crippen LogP contribution in [0.5, 0.6) is 0 Å². The van der Waals surface area contributed by atoms with Crippen LogP contribution in [0.25, 0.3) is 11.4 Å². The van der Waals surface area contributed by atoms with Gasteiger partial charge in [0.2, 0.25) is 5.91 Å². The minimum Gasteiger partial charge on any atom is -0.355 e. The van der Waals surface area contributed by atoms with E-state index in [0.717, 1.165) is 27.4 Å². The van der Waals surface area contributed by atoms with E-state index >= 15 is 0 Å². The summed E-state index contributed by atoms with van der Waals surface area (Å²) in [6.45, 7) is 5.12. The molecule has 0 atom stereocenters. The molecular weight excluding hydrogens is 436 g/mol. The van der Waals surface area contributed by atoms with Crippen molar-refractivity contribution in [1.82, 2.24) is 20.1 Å². The van der Waals surface area contributed by atoms with Gasteiger partial charge in [0, 0.05) is 23.1 Å². The molecule has 148 valence electrons. The van der Waals surface area contributed by atoms with Crippen LogP contribution in [0, 0.1) is 0 Å². The van der Waals surface area contributed by atoms with Crippen molar-refractivity contribution < 1.29 is 4.79 Å². The number of benzene rings is 1. The van der Waals surface area contributed by atoms with Gasteiger partial charge in [0.25, 0.3) is 0 Å². The lowest BCUT2D eigenvalue weighted by Gasteiger charge is -2.13. The minimum absolute atomic E-state index is 0.0276. The molecule has 1 heterocycles. The predicted octanol–water partition coefficient (Wildman–Crippen LogP) is 4.99. The van der Waals surface area contributed by atoms with Crippen LogP contribution >= 0.6 is 27.7 Å². The number of rotatable bonds is 9. The Hall–Kier alpha value is -1.86. The van der Waals surface area contributed by atoms with Crippen molar-refractivity contribution in [2.75, 3.05) is 12.3 Å². The summed E-state index contributed by atoms with van der Waals surface area (Å²) >= 11 is 4.85. The molecule has 1 N–H and O–H groups in total. The number of halogens is 1. The average Bonchev–Trinajstić information content (AvgIpc) is 3.11. The van der Waals surface area contributed by atoms with Crippen LogP contribution in [0.15, 0.2) is 58.2 Å². The first-order valence-corrected chi connectivity index (χ1v) is 11.3. The molecule has 0 saturated heterocycles. The summed E-state index contributed by atoms with van der Waals surface area (Å²) in [5, 5.41) is 12.4. The van der Waals surface area contributed by atoms with Gasteiger partial charge in [-0.05, 0) is 44.2 Å². The SMILES string of the molecule is C=CCn1c(SCC(=O)NCCC2=CCCCC2)nnc1-c1ccc(Br)cc1. The zero-order chi connectivity index (χ0) is 19.8. The fraction of sp³-hybridized carbons (Fsp3) is 0.381. The first-order valence-electron chi connectivity index (χ1n) is 9.55. The molecule has 1 aliphatic carbocycles. The zero-order valence-electron chi connectivity index (χ0n) is 15.9. The third-order valence-electron chi connectivity index (χ3n) is 4.62. The lowest BCUT2D eigenvalue weighted by Crippen LogP contribution is -2.26. The largest absolute Gasteiger partial charge is 0.355 e. The Morgan fingerprint density at radius 3 is 2.82 bits per heavy atom. The van der Waals surface area contributed by atoms with Crippen LogP contribution in [0.1, 0.15) is 32.1 Å². The highest BCUT2D eigenvalue weighted by Gasteiger charge is 2.15. The van der Waals surface area contributed by atoms with Gasteiger partial charge < -0.3 is 5.32 Å². The van der Waals surface area contributed by atoms with E-state index in [1.165, 1.54) is 43.0 Å². The molecule has 0 spiro atoms. The molecule has 3 rings (SSSR count). The van der Waals surface area contributed by atoms with E-state index < -0.39 is 0 Å². The number of hydrogen-bond acceptors (Lipinski definition) is 4. The Labute approximate surface area is 178 Å². The number of nitrogens with one attached hydrogen (secondary N) is 1. The van der Waals surface area contributed by atoms with E-state index in [9.17, 15) is 4.79 Å². The highest BCUT2D eigenvalue weighted by molar-refractivity contribution is 9.10. The summed E-state index contributed by atoms with van der Waals surface area (Å²) in [4.78, 5) is 12.2. The summed E-state index contributed by atoms with van der Waals surface area (Å²) in [6.07, 6.45) is 10.0. The van der Waals surface area contributed by atoms with Crippen molar-refractivity contribution in [3.8, 4) is 11.4 Å². The average molecular weight is 461 g/mol. The Balaban J connectivity index is 1.56. The molecular formula is C21H25BrN4OS. The molecule has 2 aromatic rings. The fourth-order valence-electron chi connectivity index (χ4n) is 3.18. The number of aromatic nitrogens is 3. The standard InChI is InChI=1S/C21H25BrN4OS/c1-2-14-26-20(17-8-10-18(22)11-9-17)24-25-21(26)28-15-19(27)23-13-12-16-6-4-3-5-7-16/h2,6,8-11H,1,3-5,7,12-15H2,(H,23,27). The lowest BCUT2D eigenvalue weighted by atomic mass is 9.97. The Morgan fingerprint density at radius 1 is 1.29 bits per heavy atom. The molecule has 0 radical (unpaired) electrons. The van der Waals surface area contributed by atoms with Crippen molar-refractivity contribution in [2.24, 2.45) is 0 Å². The van der Waals surface area contributed by atoms with Crippen molar-refractivity contribution in [3.05, 3.63) is 53.0 Å². The Bertz CT molecular complexity index is 845. The van der Waals surface area contributed by atoms with E-state index in [0.29, 0.717) is 18.8 Å². The lowest BCUT2D eigenvalue weighted by molar-refractivity contribution is -0.118. The normalized spacial score (nSPS) is 13.8. The highest BCUT2D eigenvalue weighted by atomic mass is 79.9. The van der Waals surface area contributed by atoms with Gasteiger partial charge in [-0.15, -0.1) is 16.8 Å². The second kappa shape index (κ2) is 10.6. The third-order valence-corrected chi connectivity index (χ3v) is 6.11. The smallest absolute Gasteiger partial charge is 0.230 e. The van der Waals surface area contributed by atoms with E-state index in [1.54, 1.807) is 0 Å². The van der Waals surface area contributed by atoms with Crippen LogP contribution in [0.4, 0.5) is 0 Å². The van der Waals surface area contributed by atoms with E-state index in [4.69, 9.17) is 0 Å². The van der Waals surface area contributed by atoms with Gasteiger partial charge in [0.05, 0.1) is 5.75 Å². The van der Waals surface area contributed by atoms with E-state index in [2.05, 4.69) is 44.1 Å². The van der Waals surface area contributed by atoms with Gasteiger partial charge >= 0.3 is 0 Å². The fourth-order valence-corrected chi connectivity index (χ4v) is 4.22. The monoisotopic (exact) mass is 460 g/mol. The van der Waals surface area contributed by atoms with Crippen LogP contribution in [-0.4, -0.2) is 33.0 Å². The molecule has 1 aliphatic rings. The Morgan fingerprint density at radius 2 is 2.11 bits per heavy atom. The highest BCUT2D eigenvalue weighted by Crippen LogP contribution is 2.25. The first kappa shape index (κ1) is 20.9. The summed E-state index contributed by atoms with van der Waals surface area (Å²) < 4.78 is 3.00. The molecule has 1 aromatic carbocycles. The van der Waals surface area contributed by atoms with Crippen molar-refractivity contribution in [2.45, 2.75) is 43.8 Å². The molecule has 28 heavy (non-hydrogen) atoms. The summed E-state index contributed by atoms with van der Waals surface area (Å²) in [5.41, 5.74) is 2.46. The number of amides is 1. The number of carbonyl (C=O) groups excluding carboxylic acids is 1. The maximum atomic E-state index is 12.2. The maximum absolute atomic E-state index is 12.2. The van der Waals surface area contributed by atoms with Crippen LogP contribution in [0.2, 0.25) is 0 Å². The van der Waals surface area contributed by atoms with Gasteiger partial charge in [0.1, 0.15) is 0 Å². The number of nitrogens with zero attached hydrogens (tertiary/aromatic N) is 3. The molecule has 5 nitrogen and oxygen atoms in total. The molecule has 0 fully saturated rings. The molecule has 1 amide bonds. The zero-order valence-corrected chi connectivity index (χ0v) is 18.3. The van der Waals surface area contributed by atoms with Gasteiger partial charge in [0.15, 0.2) is 11.0 Å². The van der Waals surface area contributed by atoms with Gasteiger partial charge in [-0.2, -0.15) is 0 Å². The second-order valence-corrected chi connectivity index (χ2v) is 8.57. The second-order valence-electron chi connectivity index (χ2n) is 6.71. The predicted molar refractivity (Wildman–Crippen MR) is 118 cm³/mol. The number of carbonyl (C=O) groups is 1. The molecule has 0 aliphatic heterocycles. The van der Waals surface area contributed by atoms with Gasteiger partial charge in [-0.3, -0.25) is 9.36 Å². The molecule has 0 unspecified atom stereocenters. The summed E-state index contributed by atoms with van der Waals surface area (Å²) in [6, 6.07) is 7.94. The van der Waals surface area contributed by atoms with Crippen molar-refractivity contribution >= 4 is 33.6 Å². The van der Waals surface area contributed by atoms with Gasteiger partial charge in [-0.25, -0.2) is 0 Å². The topological polar surface area (TPSA) is 59.8 Å². The summed E-state index contributed by atoms with van der Waals surface area (Å²) in [5.74, 6) is 1.13. The van der Waals surface area contributed by atoms with Crippen molar-refractivity contribution in [1.29, 1.82) is 0 Å². The molecule has 0 saturated carbocycles. The number of allylic oxidation sites excluding steroid dienone is 2. The molecule has 1 aromatic heterocycles. The van der Waals surface area contributed by atoms with Crippen LogP contribution < -0.4 is 5.32 Å². The van der Waals surface area contributed by atoms with Crippen LogP contribution in [0.3, 0.4) is 0 Å². The van der Waals surface area contributed by atoms with Crippen LogP contribution in [-0.2, 0) is 11.3 Å².